The van der Waals surface area contributed by atoms with Crippen molar-refractivity contribution in [2.45, 2.75) is 57.4 Å². The molecule has 8 heteroatoms. The topological polar surface area (TPSA) is 98.7 Å². The van der Waals surface area contributed by atoms with Crippen LogP contribution in [0.3, 0.4) is 0 Å². The third kappa shape index (κ3) is 7.48. The maximum atomic E-state index is 13.0. The number of aliphatic carboxylic acids is 1. The number of amides is 2. The fourth-order valence-electron chi connectivity index (χ4n) is 4.81. The van der Waals surface area contributed by atoms with Gasteiger partial charge in [-0.05, 0) is 75.6 Å². The Morgan fingerprint density at radius 1 is 1.19 bits per heavy atom. The minimum Gasteiger partial charge on any atom is -0.481 e. The van der Waals surface area contributed by atoms with E-state index in [0.29, 0.717) is 23.9 Å². The zero-order chi connectivity index (χ0) is 22.9. The molecule has 3 N–H and O–H groups in total. The summed E-state index contributed by atoms with van der Waals surface area (Å²) in [6.45, 7) is 2.66. The Kier molecular flexibility index (Phi) is 9.36. The highest BCUT2D eigenvalue weighted by atomic mass is 35.5. The summed E-state index contributed by atoms with van der Waals surface area (Å²) in [5.74, 6) is -0.583. The van der Waals surface area contributed by atoms with Crippen LogP contribution in [0, 0.1) is 11.8 Å². The van der Waals surface area contributed by atoms with Gasteiger partial charge in [0.1, 0.15) is 0 Å². The monoisotopic (exact) mass is 463 g/mol. The fourth-order valence-corrected chi connectivity index (χ4v) is 5.03. The van der Waals surface area contributed by atoms with Crippen LogP contribution in [-0.4, -0.2) is 60.0 Å². The predicted octanol–water partition coefficient (Wildman–Crippen LogP) is 2.86. The van der Waals surface area contributed by atoms with Crippen molar-refractivity contribution in [3.63, 3.8) is 0 Å². The van der Waals surface area contributed by atoms with Gasteiger partial charge < -0.3 is 20.6 Å². The van der Waals surface area contributed by atoms with Gasteiger partial charge in [0, 0.05) is 23.5 Å². The maximum absolute atomic E-state index is 13.0. The SMILES string of the molecule is O=C(O)C[C@@H](Cc1ccccc1Cl)NC(=O)CN1CCC[C@@H](CCC2CCNCC2)C1=O. The Labute approximate surface area is 194 Å². The number of piperidine rings is 2. The summed E-state index contributed by atoms with van der Waals surface area (Å²) in [5, 5.41) is 16.0. The molecule has 2 amide bonds. The highest BCUT2D eigenvalue weighted by molar-refractivity contribution is 6.31. The first-order chi connectivity index (χ1) is 15.4. The van der Waals surface area contributed by atoms with E-state index >= 15 is 0 Å². The lowest BCUT2D eigenvalue weighted by Gasteiger charge is -2.33. The quantitative estimate of drug-likeness (QED) is 0.495. The summed E-state index contributed by atoms with van der Waals surface area (Å²) >= 11 is 6.20. The van der Waals surface area contributed by atoms with Crippen LogP contribution in [0.1, 0.15) is 50.5 Å². The Morgan fingerprint density at radius 2 is 1.94 bits per heavy atom. The molecular weight excluding hydrogens is 430 g/mol. The summed E-state index contributed by atoms with van der Waals surface area (Å²) in [4.78, 5) is 38.6. The van der Waals surface area contributed by atoms with Crippen molar-refractivity contribution in [1.82, 2.24) is 15.5 Å². The van der Waals surface area contributed by atoms with Crippen LogP contribution in [0.4, 0.5) is 0 Å². The van der Waals surface area contributed by atoms with Gasteiger partial charge in [-0.1, -0.05) is 29.8 Å². The Balaban J connectivity index is 1.52. The van der Waals surface area contributed by atoms with Crippen LogP contribution in [0.25, 0.3) is 0 Å². The first kappa shape index (κ1) is 24.5. The summed E-state index contributed by atoms with van der Waals surface area (Å²) in [6.07, 6.45) is 6.19. The van der Waals surface area contributed by atoms with Gasteiger partial charge in [0.05, 0.1) is 13.0 Å². The molecule has 0 saturated carbocycles. The lowest BCUT2D eigenvalue weighted by Crippen LogP contribution is -2.49. The number of halogens is 1. The van der Waals surface area contributed by atoms with E-state index in [9.17, 15) is 19.5 Å². The number of benzene rings is 1. The van der Waals surface area contributed by atoms with E-state index in [-0.39, 0.29) is 30.7 Å². The van der Waals surface area contributed by atoms with Crippen molar-refractivity contribution >= 4 is 29.4 Å². The molecule has 0 spiro atoms. The molecule has 7 nitrogen and oxygen atoms in total. The van der Waals surface area contributed by atoms with E-state index in [1.165, 1.54) is 12.8 Å². The zero-order valence-corrected chi connectivity index (χ0v) is 19.3. The van der Waals surface area contributed by atoms with Crippen LogP contribution in [0.15, 0.2) is 24.3 Å². The van der Waals surface area contributed by atoms with Gasteiger partial charge in [-0.15, -0.1) is 0 Å². The minimum absolute atomic E-state index is 0.00984. The number of carbonyl (C=O) groups is 3. The van der Waals surface area contributed by atoms with Crippen molar-refractivity contribution in [2.24, 2.45) is 11.8 Å². The summed E-state index contributed by atoms with van der Waals surface area (Å²) in [7, 11) is 0. The molecule has 0 aromatic heterocycles. The molecule has 0 unspecified atom stereocenters. The van der Waals surface area contributed by atoms with Crippen molar-refractivity contribution in [1.29, 1.82) is 0 Å². The highest BCUT2D eigenvalue weighted by Gasteiger charge is 2.31. The summed E-state index contributed by atoms with van der Waals surface area (Å²) in [6, 6.07) is 6.62. The van der Waals surface area contributed by atoms with Crippen LogP contribution < -0.4 is 10.6 Å². The van der Waals surface area contributed by atoms with Gasteiger partial charge in [0.25, 0.3) is 0 Å². The molecule has 2 fully saturated rings. The second-order valence-electron chi connectivity index (χ2n) is 9.03. The number of rotatable bonds is 10. The molecule has 1 aromatic carbocycles. The van der Waals surface area contributed by atoms with Crippen LogP contribution >= 0.6 is 11.6 Å². The van der Waals surface area contributed by atoms with E-state index in [1.54, 1.807) is 17.0 Å². The number of likely N-dealkylation sites (tertiary alicyclic amines) is 1. The Hall–Kier alpha value is -2.12. The average Bonchev–Trinajstić information content (AvgIpc) is 2.76. The molecule has 32 heavy (non-hydrogen) atoms. The molecule has 0 radical (unpaired) electrons. The van der Waals surface area contributed by atoms with E-state index in [1.807, 2.05) is 12.1 Å². The first-order valence-corrected chi connectivity index (χ1v) is 12.0. The normalized spacial score (nSPS) is 20.7. The van der Waals surface area contributed by atoms with E-state index in [4.69, 9.17) is 11.6 Å². The van der Waals surface area contributed by atoms with Gasteiger partial charge in [-0.2, -0.15) is 0 Å². The molecule has 3 rings (SSSR count). The largest absolute Gasteiger partial charge is 0.481 e. The van der Waals surface area contributed by atoms with Gasteiger partial charge >= 0.3 is 5.97 Å². The van der Waals surface area contributed by atoms with E-state index in [0.717, 1.165) is 44.3 Å². The Morgan fingerprint density at radius 3 is 2.66 bits per heavy atom. The second-order valence-corrected chi connectivity index (χ2v) is 9.43. The van der Waals surface area contributed by atoms with Crippen LogP contribution in [0.2, 0.25) is 5.02 Å². The second kappa shape index (κ2) is 12.2. The van der Waals surface area contributed by atoms with E-state index < -0.39 is 12.0 Å². The van der Waals surface area contributed by atoms with Gasteiger partial charge in [-0.3, -0.25) is 14.4 Å². The summed E-state index contributed by atoms with van der Waals surface area (Å²) in [5.41, 5.74) is 0.785. The number of nitrogens with one attached hydrogen (secondary N) is 2. The van der Waals surface area contributed by atoms with Gasteiger partial charge in [0.15, 0.2) is 0 Å². The highest BCUT2D eigenvalue weighted by Crippen LogP contribution is 2.27. The molecular formula is C24H34ClN3O4. The number of carboxylic acids is 1. The van der Waals surface area contributed by atoms with Crippen LogP contribution in [-0.2, 0) is 20.8 Å². The Bertz CT molecular complexity index is 797. The fraction of sp³-hybridized carbons (Fsp3) is 0.625. The van der Waals surface area contributed by atoms with Crippen molar-refractivity contribution in [3.05, 3.63) is 34.9 Å². The number of carboxylic acid groups (broad SMARTS) is 1. The van der Waals surface area contributed by atoms with Gasteiger partial charge in [0.2, 0.25) is 11.8 Å². The van der Waals surface area contributed by atoms with E-state index in [2.05, 4.69) is 10.6 Å². The molecule has 2 atom stereocenters. The number of hydrogen-bond donors (Lipinski definition) is 3. The third-order valence-electron chi connectivity index (χ3n) is 6.57. The number of carbonyl (C=O) groups excluding carboxylic acids is 2. The summed E-state index contributed by atoms with van der Waals surface area (Å²) < 4.78 is 0. The molecule has 2 saturated heterocycles. The number of hydrogen-bond acceptors (Lipinski definition) is 4. The lowest BCUT2D eigenvalue weighted by molar-refractivity contribution is -0.143. The zero-order valence-electron chi connectivity index (χ0n) is 18.5. The lowest BCUT2D eigenvalue weighted by atomic mass is 9.86. The smallest absolute Gasteiger partial charge is 0.305 e. The van der Waals surface area contributed by atoms with Crippen LogP contribution in [0.5, 0.6) is 0 Å². The number of nitrogens with zero attached hydrogens (tertiary/aromatic N) is 1. The molecule has 0 aliphatic carbocycles. The molecule has 1 aromatic rings. The maximum Gasteiger partial charge on any atom is 0.305 e. The third-order valence-corrected chi connectivity index (χ3v) is 6.94. The standard InChI is InChI=1S/C24H34ClN3O4/c25-21-6-2-1-4-19(21)14-20(15-23(30)31)27-22(29)16-28-13-3-5-18(24(28)32)8-7-17-9-11-26-12-10-17/h1-2,4,6,17-18,20,26H,3,5,7-16H2,(H,27,29)(H,30,31)/t18-,20+/m0/s1. The first-order valence-electron chi connectivity index (χ1n) is 11.7. The minimum atomic E-state index is -0.991. The van der Waals surface area contributed by atoms with Crippen molar-refractivity contribution in [3.8, 4) is 0 Å². The molecule has 0 bridgehead atoms. The van der Waals surface area contributed by atoms with Crippen molar-refractivity contribution < 1.29 is 19.5 Å². The predicted molar refractivity (Wildman–Crippen MR) is 123 cm³/mol. The molecule has 2 aliphatic rings. The van der Waals surface area contributed by atoms with Crippen molar-refractivity contribution in [2.75, 3.05) is 26.2 Å². The van der Waals surface area contributed by atoms with Gasteiger partial charge in [-0.25, -0.2) is 0 Å². The molecule has 2 heterocycles. The molecule has 2 aliphatic heterocycles. The molecule has 176 valence electrons. The average molecular weight is 464 g/mol.